The Morgan fingerprint density at radius 2 is 2.14 bits per heavy atom. The van der Waals surface area contributed by atoms with Crippen LogP contribution in [0.15, 0.2) is 42.5 Å². The first-order valence-electron chi connectivity index (χ1n) is 6.06. The number of amides is 1. The van der Waals surface area contributed by atoms with Crippen molar-refractivity contribution < 1.29 is 13.9 Å². The zero-order valence-corrected chi connectivity index (χ0v) is 11.0. The summed E-state index contributed by atoms with van der Waals surface area (Å²) in [4.78, 5) is 12.1. The lowest BCUT2D eigenvalue weighted by Gasteiger charge is -2.09. The Balaban J connectivity index is 2.16. The Hall–Kier alpha value is -3.07. The number of carbonyl (C=O) groups is 1. The Labute approximate surface area is 120 Å². The summed E-state index contributed by atoms with van der Waals surface area (Å²) in [6, 6.07) is 12.0. The molecule has 0 aliphatic rings. The molecule has 5 nitrogen and oxygen atoms in total. The number of hydrogen-bond acceptors (Lipinski definition) is 4. The van der Waals surface area contributed by atoms with Crippen LogP contribution in [0.3, 0.4) is 0 Å². The summed E-state index contributed by atoms with van der Waals surface area (Å²) in [5, 5.41) is 11.0. The average molecular weight is 285 g/mol. The molecule has 0 aromatic heterocycles. The van der Waals surface area contributed by atoms with E-state index in [0.29, 0.717) is 11.4 Å². The molecule has 0 aliphatic carbocycles. The fourth-order valence-corrected chi connectivity index (χ4v) is 1.70. The molecule has 0 fully saturated rings. The number of nitrogen functional groups attached to an aromatic ring is 1. The van der Waals surface area contributed by atoms with E-state index in [0.717, 1.165) is 6.07 Å². The molecule has 1 amide bonds. The van der Waals surface area contributed by atoms with Gasteiger partial charge in [0, 0.05) is 17.4 Å². The minimum absolute atomic E-state index is 0.0540. The first-order chi connectivity index (χ1) is 10.1. The lowest BCUT2D eigenvalue weighted by Crippen LogP contribution is -2.14. The Bertz CT molecular complexity index is 710. The number of anilines is 2. The Kier molecular flexibility index (Phi) is 4.36. The van der Waals surface area contributed by atoms with Crippen LogP contribution in [-0.4, -0.2) is 12.5 Å². The molecule has 0 heterocycles. The van der Waals surface area contributed by atoms with Crippen molar-refractivity contribution in [3.05, 3.63) is 53.8 Å². The van der Waals surface area contributed by atoms with Gasteiger partial charge in [-0.2, -0.15) is 5.26 Å². The fourth-order valence-electron chi connectivity index (χ4n) is 1.70. The van der Waals surface area contributed by atoms with Gasteiger partial charge in [0.2, 0.25) is 0 Å². The summed E-state index contributed by atoms with van der Waals surface area (Å²) in [5.74, 6) is -0.619. The number of ether oxygens (including phenoxy) is 1. The quantitative estimate of drug-likeness (QED) is 0.845. The van der Waals surface area contributed by atoms with Gasteiger partial charge in [0.05, 0.1) is 5.56 Å². The van der Waals surface area contributed by atoms with E-state index < -0.39 is 11.7 Å². The van der Waals surface area contributed by atoms with Crippen LogP contribution in [0.4, 0.5) is 15.8 Å². The third kappa shape index (κ3) is 3.70. The van der Waals surface area contributed by atoms with Gasteiger partial charge in [-0.3, -0.25) is 4.79 Å². The number of hydrogen-bond donors (Lipinski definition) is 2. The summed E-state index contributed by atoms with van der Waals surface area (Å²) in [7, 11) is 0. The summed E-state index contributed by atoms with van der Waals surface area (Å²) in [5.41, 5.74) is 6.35. The van der Waals surface area contributed by atoms with E-state index in [2.05, 4.69) is 5.32 Å². The normalized spacial score (nSPS) is 9.71. The Morgan fingerprint density at radius 3 is 2.90 bits per heavy atom. The van der Waals surface area contributed by atoms with Gasteiger partial charge in [0.1, 0.15) is 17.6 Å². The second kappa shape index (κ2) is 6.39. The summed E-state index contributed by atoms with van der Waals surface area (Å²) < 4.78 is 18.3. The number of halogens is 1. The minimum atomic E-state index is -0.541. The molecule has 0 spiro atoms. The van der Waals surface area contributed by atoms with Crippen molar-refractivity contribution in [2.75, 3.05) is 17.7 Å². The van der Waals surface area contributed by atoms with E-state index in [-0.39, 0.29) is 17.9 Å². The van der Waals surface area contributed by atoms with E-state index >= 15 is 0 Å². The van der Waals surface area contributed by atoms with Gasteiger partial charge in [-0.1, -0.05) is 6.07 Å². The second-order valence-electron chi connectivity index (χ2n) is 4.16. The van der Waals surface area contributed by atoms with Crippen LogP contribution in [-0.2, 0) is 0 Å². The zero-order valence-electron chi connectivity index (χ0n) is 11.0. The fraction of sp³-hybridized carbons (Fsp3) is 0.0667. The largest absolute Gasteiger partial charge is 0.479 e. The topological polar surface area (TPSA) is 88.1 Å². The lowest BCUT2D eigenvalue weighted by atomic mass is 10.1. The van der Waals surface area contributed by atoms with Gasteiger partial charge in [-0.25, -0.2) is 4.39 Å². The molecule has 2 aromatic rings. The van der Waals surface area contributed by atoms with Gasteiger partial charge >= 0.3 is 0 Å². The number of benzene rings is 2. The zero-order chi connectivity index (χ0) is 15.2. The maximum absolute atomic E-state index is 13.2. The number of rotatable bonds is 4. The molecule has 0 bridgehead atoms. The van der Waals surface area contributed by atoms with Gasteiger partial charge < -0.3 is 15.8 Å². The van der Waals surface area contributed by atoms with Crippen molar-refractivity contribution in [3.63, 3.8) is 0 Å². The number of nitrogens with two attached hydrogens (primary N) is 1. The molecule has 0 saturated heterocycles. The Morgan fingerprint density at radius 1 is 1.33 bits per heavy atom. The predicted molar refractivity (Wildman–Crippen MR) is 76.3 cm³/mol. The first kappa shape index (κ1) is 14.3. The van der Waals surface area contributed by atoms with Crippen LogP contribution in [0, 0.1) is 17.1 Å². The minimum Gasteiger partial charge on any atom is -0.479 e. The molecule has 2 aromatic carbocycles. The van der Waals surface area contributed by atoms with Crippen LogP contribution < -0.4 is 15.8 Å². The van der Waals surface area contributed by atoms with Crippen LogP contribution >= 0.6 is 0 Å². The van der Waals surface area contributed by atoms with E-state index in [4.69, 9.17) is 15.7 Å². The van der Waals surface area contributed by atoms with E-state index in [1.165, 1.54) is 12.1 Å². The number of carbonyl (C=O) groups excluding carboxylic acids is 1. The van der Waals surface area contributed by atoms with Crippen molar-refractivity contribution in [2.45, 2.75) is 0 Å². The maximum Gasteiger partial charge on any atom is 0.257 e. The highest BCUT2D eigenvalue weighted by atomic mass is 19.1. The molecule has 3 N–H and O–H groups in total. The average Bonchev–Trinajstić information content (AvgIpc) is 2.48. The van der Waals surface area contributed by atoms with Crippen LogP contribution in [0.5, 0.6) is 5.75 Å². The molecule has 6 heteroatoms. The summed E-state index contributed by atoms with van der Waals surface area (Å²) >= 11 is 0. The first-order valence-corrected chi connectivity index (χ1v) is 6.06. The van der Waals surface area contributed by atoms with Gasteiger partial charge in [0.25, 0.3) is 5.91 Å². The van der Waals surface area contributed by atoms with Crippen LogP contribution in [0.2, 0.25) is 0 Å². The van der Waals surface area contributed by atoms with Crippen molar-refractivity contribution in [1.82, 2.24) is 0 Å². The van der Waals surface area contributed by atoms with Crippen LogP contribution in [0.25, 0.3) is 0 Å². The number of nitrogens with zero attached hydrogens (tertiary/aromatic N) is 1. The molecule has 0 saturated carbocycles. The predicted octanol–water partition coefficient (Wildman–Crippen LogP) is 2.56. The second-order valence-corrected chi connectivity index (χ2v) is 4.16. The van der Waals surface area contributed by atoms with Crippen molar-refractivity contribution >= 4 is 17.3 Å². The van der Waals surface area contributed by atoms with Crippen molar-refractivity contribution in [2.24, 2.45) is 0 Å². The standard InChI is InChI=1S/C15H12FN3O2/c16-10-4-5-14(18)13(8-10)15(20)19-11-2-1-3-12(9-11)21-7-6-17/h1-5,8-9H,7,18H2,(H,19,20). The van der Waals surface area contributed by atoms with E-state index in [1.54, 1.807) is 24.3 Å². The SMILES string of the molecule is N#CCOc1cccc(NC(=O)c2cc(F)ccc2N)c1. The number of nitriles is 1. The molecule has 0 unspecified atom stereocenters. The van der Waals surface area contributed by atoms with Crippen molar-refractivity contribution in [3.8, 4) is 11.8 Å². The lowest BCUT2D eigenvalue weighted by molar-refractivity contribution is 0.102. The third-order valence-electron chi connectivity index (χ3n) is 2.66. The van der Waals surface area contributed by atoms with Crippen molar-refractivity contribution in [1.29, 1.82) is 5.26 Å². The molecule has 0 atom stereocenters. The molecular formula is C15H12FN3O2. The molecule has 106 valence electrons. The van der Waals surface area contributed by atoms with Gasteiger partial charge in [-0.15, -0.1) is 0 Å². The number of nitrogens with one attached hydrogen (secondary N) is 1. The monoisotopic (exact) mass is 285 g/mol. The third-order valence-corrected chi connectivity index (χ3v) is 2.66. The summed E-state index contributed by atoms with van der Waals surface area (Å²) in [6.45, 7) is -0.0890. The van der Waals surface area contributed by atoms with E-state index in [9.17, 15) is 9.18 Å². The van der Waals surface area contributed by atoms with Crippen LogP contribution in [0.1, 0.15) is 10.4 Å². The maximum atomic E-state index is 13.2. The molecular weight excluding hydrogens is 273 g/mol. The highest BCUT2D eigenvalue weighted by Crippen LogP contribution is 2.20. The van der Waals surface area contributed by atoms with E-state index in [1.807, 2.05) is 6.07 Å². The van der Waals surface area contributed by atoms with Gasteiger partial charge in [0.15, 0.2) is 6.61 Å². The highest BCUT2D eigenvalue weighted by molar-refractivity contribution is 6.07. The molecule has 0 radical (unpaired) electrons. The molecule has 2 rings (SSSR count). The highest BCUT2D eigenvalue weighted by Gasteiger charge is 2.11. The summed E-state index contributed by atoms with van der Waals surface area (Å²) in [6.07, 6.45) is 0. The molecule has 21 heavy (non-hydrogen) atoms. The van der Waals surface area contributed by atoms with Gasteiger partial charge in [-0.05, 0) is 30.3 Å². The molecule has 0 aliphatic heterocycles. The smallest absolute Gasteiger partial charge is 0.257 e.